The fourth-order valence-corrected chi connectivity index (χ4v) is 4.54. The molecule has 1 saturated heterocycles. The number of rotatable bonds is 8. The van der Waals surface area contributed by atoms with Gasteiger partial charge < -0.3 is 20.3 Å². The van der Waals surface area contributed by atoms with Crippen molar-refractivity contribution in [1.82, 2.24) is 9.13 Å². The van der Waals surface area contributed by atoms with Gasteiger partial charge in [0.05, 0.1) is 39.8 Å². The van der Waals surface area contributed by atoms with Gasteiger partial charge in [-0.3, -0.25) is 18.7 Å². The molecule has 1 fully saturated rings. The smallest absolute Gasteiger partial charge is 0.332 e. The van der Waals surface area contributed by atoms with Crippen molar-refractivity contribution in [2.24, 2.45) is 0 Å². The maximum atomic E-state index is 13.3. The van der Waals surface area contributed by atoms with Gasteiger partial charge in [0.2, 0.25) is 5.78 Å². The average molecular weight is 479 g/mol. The van der Waals surface area contributed by atoms with Crippen LogP contribution in [0.3, 0.4) is 0 Å². The van der Waals surface area contributed by atoms with Crippen molar-refractivity contribution < 1.29 is 14.4 Å². The van der Waals surface area contributed by atoms with Crippen LogP contribution < -0.4 is 31.5 Å². The molecule has 1 aromatic heterocycles. The number of hydrogen-bond donors (Lipinski definition) is 2. The first-order valence-electron chi connectivity index (χ1n) is 11.9. The zero-order valence-corrected chi connectivity index (χ0v) is 20.2. The Labute approximate surface area is 204 Å². The number of Topliss-reactive ketones (excluding diaryl/α,β-unsaturated/α-hetero) is 1. The van der Waals surface area contributed by atoms with Crippen LogP contribution in [0.2, 0.25) is 0 Å². The predicted octanol–water partition coefficient (Wildman–Crippen LogP) is 0.257. The molecule has 3 N–H and O–H groups in total. The minimum Gasteiger partial charge on any atom is -0.497 e. The molecule has 0 atom stereocenters. The highest BCUT2D eigenvalue weighted by atomic mass is 16.5. The van der Waals surface area contributed by atoms with Crippen LogP contribution in [0.5, 0.6) is 5.75 Å². The van der Waals surface area contributed by atoms with Crippen LogP contribution in [0.25, 0.3) is 0 Å². The highest BCUT2D eigenvalue weighted by Gasteiger charge is 2.28. The molecule has 0 unspecified atom stereocenters. The zero-order valence-electron chi connectivity index (χ0n) is 20.2. The van der Waals surface area contributed by atoms with Crippen LogP contribution in [0.1, 0.15) is 22.8 Å². The van der Waals surface area contributed by atoms with E-state index in [1.807, 2.05) is 54.6 Å². The Morgan fingerprint density at radius 3 is 2.26 bits per heavy atom. The number of hydrogen-bond acceptors (Lipinski definition) is 6. The van der Waals surface area contributed by atoms with E-state index < -0.39 is 11.2 Å². The van der Waals surface area contributed by atoms with Gasteiger partial charge in [0.1, 0.15) is 23.7 Å². The summed E-state index contributed by atoms with van der Waals surface area (Å²) in [6.07, 6.45) is 0. The van der Waals surface area contributed by atoms with Crippen LogP contribution in [-0.2, 0) is 13.1 Å². The number of quaternary nitrogens is 1. The first-order chi connectivity index (χ1) is 16.9. The van der Waals surface area contributed by atoms with Gasteiger partial charge >= 0.3 is 5.69 Å². The number of methoxy groups -OCH3 is 1. The van der Waals surface area contributed by atoms with Gasteiger partial charge in [-0.05, 0) is 36.8 Å². The van der Waals surface area contributed by atoms with Crippen molar-refractivity contribution in [3.8, 4) is 5.75 Å². The number of nitrogen functional groups attached to an aromatic ring is 1. The topological polar surface area (TPSA) is 104 Å². The summed E-state index contributed by atoms with van der Waals surface area (Å²) in [7, 11) is 1.64. The van der Waals surface area contributed by atoms with Gasteiger partial charge in [-0.15, -0.1) is 0 Å². The van der Waals surface area contributed by atoms with E-state index in [1.54, 1.807) is 14.0 Å². The van der Waals surface area contributed by atoms with Crippen LogP contribution in [-0.4, -0.2) is 54.8 Å². The second-order valence-corrected chi connectivity index (χ2v) is 8.70. The summed E-state index contributed by atoms with van der Waals surface area (Å²) in [5.41, 5.74) is 7.05. The molecule has 35 heavy (non-hydrogen) atoms. The Morgan fingerprint density at radius 1 is 1.00 bits per heavy atom. The van der Waals surface area contributed by atoms with E-state index in [4.69, 9.17) is 10.5 Å². The van der Waals surface area contributed by atoms with Crippen molar-refractivity contribution in [3.05, 3.63) is 86.6 Å². The van der Waals surface area contributed by atoms with Crippen molar-refractivity contribution >= 4 is 17.3 Å². The third-order valence-corrected chi connectivity index (χ3v) is 6.57. The summed E-state index contributed by atoms with van der Waals surface area (Å²) in [6, 6.07) is 17.3. The molecule has 0 amide bonds. The molecule has 1 aliphatic heterocycles. The van der Waals surface area contributed by atoms with Gasteiger partial charge in [-0.25, -0.2) is 4.79 Å². The average Bonchev–Trinajstić information content (AvgIpc) is 2.88. The number of ketones is 1. The van der Waals surface area contributed by atoms with E-state index in [0.717, 1.165) is 52.6 Å². The molecular weight excluding hydrogens is 446 g/mol. The maximum Gasteiger partial charge on any atom is 0.332 e. The Morgan fingerprint density at radius 2 is 1.66 bits per heavy atom. The number of ether oxygens (including phenoxy) is 1. The van der Waals surface area contributed by atoms with E-state index >= 15 is 0 Å². The number of nitrogens with zero attached hydrogens (tertiary/aromatic N) is 3. The molecule has 1 aliphatic rings. The SMILES string of the molecule is CCn1c(=O)c(C(=O)C[NH+]2CCN(c3ccc(OC)cc3)CC2)c(N)n(Cc2ccccc2)c1=O. The minimum absolute atomic E-state index is 0.0604. The largest absolute Gasteiger partial charge is 0.497 e. The third kappa shape index (κ3) is 5.14. The first-order valence-corrected chi connectivity index (χ1v) is 11.9. The summed E-state index contributed by atoms with van der Waals surface area (Å²) in [5.74, 6) is 0.423. The molecule has 4 rings (SSSR count). The number of anilines is 2. The number of piperazine rings is 1. The summed E-state index contributed by atoms with van der Waals surface area (Å²) >= 11 is 0. The Bertz CT molecular complexity index is 1290. The fraction of sp³-hybridized carbons (Fsp3) is 0.346. The summed E-state index contributed by atoms with van der Waals surface area (Å²) in [4.78, 5) is 42.6. The second kappa shape index (κ2) is 10.6. The number of nitrogens with one attached hydrogen (secondary N) is 1. The third-order valence-electron chi connectivity index (χ3n) is 6.57. The molecule has 0 bridgehead atoms. The number of carbonyl (C=O) groups excluding carboxylic acids is 1. The minimum atomic E-state index is -0.611. The molecule has 0 spiro atoms. The lowest BCUT2D eigenvalue weighted by Crippen LogP contribution is -3.15. The number of nitrogens with two attached hydrogens (primary N) is 1. The molecule has 0 aliphatic carbocycles. The molecule has 2 aromatic carbocycles. The highest BCUT2D eigenvalue weighted by Crippen LogP contribution is 2.19. The van der Waals surface area contributed by atoms with E-state index in [0.29, 0.717) is 0 Å². The standard InChI is InChI=1S/C26H31N5O4/c1-3-30-25(33)23(24(27)31(26(30)34)17-19-7-5-4-6-8-19)22(32)18-28-13-15-29(16-14-28)20-9-11-21(35-2)12-10-20/h4-12H,3,13-18,27H2,1-2H3/p+1. The second-order valence-electron chi connectivity index (χ2n) is 8.70. The number of benzene rings is 2. The van der Waals surface area contributed by atoms with Gasteiger partial charge in [0.15, 0.2) is 0 Å². The van der Waals surface area contributed by atoms with Crippen LogP contribution in [0.15, 0.2) is 64.2 Å². The van der Waals surface area contributed by atoms with Gasteiger partial charge in [0, 0.05) is 12.2 Å². The van der Waals surface area contributed by atoms with E-state index in [9.17, 15) is 14.4 Å². The monoisotopic (exact) mass is 478 g/mol. The highest BCUT2D eigenvalue weighted by molar-refractivity contribution is 6.00. The van der Waals surface area contributed by atoms with E-state index in [1.165, 1.54) is 4.57 Å². The van der Waals surface area contributed by atoms with Gasteiger partial charge in [0.25, 0.3) is 5.56 Å². The van der Waals surface area contributed by atoms with Gasteiger partial charge in [-0.1, -0.05) is 30.3 Å². The van der Waals surface area contributed by atoms with Crippen molar-refractivity contribution in [2.75, 3.05) is 50.5 Å². The van der Waals surface area contributed by atoms with Crippen LogP contribution >= 0.6 is 0 Å². The Kier molecular flexibility index (Phi) is 7.36. The first kappa shape index (κ1) is 24.3. The molecule has 0 radical (unpaired) electrons. The van der Waals surface area contributed by atoms with E-state index in [-0.39, 0.29) is 36.8 Å². The molecule has 9 nitrogen and oxygen atoms in total. The summed E-state index contributed by atoms with van der Waals surface area (Å²) < 4.78 is 7.64. The lowest BCUT2D eigenvalue weighted by molar-refractivity contribution is -0.892. The van der Waals surface area contributed by atoms with Crippen molar-refractivity contribution in [1.29, 1.82) is 0 Å². The molecular formula is C26H32N5O4+. The van der Waals surface area contributed by atoms with Crippen LogP contribution in [0.4, 0.5) is 11.5 Å². The number of carbonyl (C=O) groups is 1. The normalized spacial score (nSPS) is 14.2. The van der Waals surface area contributed by atoms with E-state index in [2.05, 4.69) is 4.90 Å². The Hall–Kier alpha value is -3.85. The maximum absolute atomic E-state index is 13.3. The lowest BCUT2D eigenvalue weighted by atomic mass is 10.1. The molecule has 184 valence electrons. The van der Waals surface area contributed by atoms with Crippen LogP contribution in [0, 0.1) is 0 Å². The lowest BCUT2D eigenvalue weighted by Gasteiger charge is -2.33. The molecule has 9 heteroatoms. The predicted molar refractivity (Wildman–Crippen MR) is 136 cm³/mol. The molecule has 2 heterocycles. The van der Waals surface area contributed by atoms with Crippen molar-refractivity contribution in [2.45, 2.75) is 20.0 Å². The molecule has 3 aromatic rings. The summed E-state index contributed by atoms with van der Waals surface area (Å²) in [5, 5.41) is 0. The van der Waals surface area contributed by atoms with Crippen molar-refractivity contribution in [3.63, 3.8) is 0 Å². The number of aromatic nitrogens is 2. The zero-order chi connectivity index (χ0) is 24.9. The molecule has 0 saturated carbocycles. The quantitative estimate of drug-likeness (QED) is 0.450. The Balaban J connectivity index is 1.51. The summed E-state index contributed by atoms with van der Waals surface area (Å²) in [6.45, 7) is 5.31. The fourth-order valence-electron chi connectivity index (χ4n) is 4.54. The van der Waals surface area contributed by atoms with Gasteiger partial charge in [-0.2, -0.15) is 0 Å².